The number of aliphatic hydroxyl groups is 1. The zero-order chi connectivity index (χ0) is 6.69. The second-order valence-electron chi connectivity index (χ2n) is 2.19. The monoisotopic (exact) mass is 130 g/mol. The quantitative estimate of drug-likeness (QED) is 0.523. The van der Waals surface area contributed by atoms with Gasteiger partial charge in [-0.1, -0.05) is 0 Å². The van der Waals surface area contributed by atoms with Crippen molar-refractivity contribution in [2.75, 3.05) is 6.61 Å². The highest BCUT2D eigenvalue weighted by molar-refractivity contribution is 5.56. The van der Waals surface area contributed by atoms with Crippen LogP contribution in [0.5, 0.6) is 0 Å². The van der Waals surface area contributed by atoms with Crippen LogP contribution < -0.4 is 0 Å². The summed E-state index contributed by atoms with van der Waals surface area (Å²) in [4.78, 5) is 10.1. The first-order valence-electron chi connectivity index (χ1n) is 3.08. The van der Waals surface area contributed by atoms with Crippen LogP contribution in [-0.2, 0) is 9.53 Å². The Hall–Kier alpha value is -0.410. The number of rotatable bonds is 2. The van der Waals surface area contributed by atoms with E-state index >= 15 is 0 Å². The molecule has 52 valence electrons. The molecule has 3 nitrogen and oxygen atoms in total. The van der Waals surface area contributed by atoms with Gasteiger partial charge in [-0.25, -0.2) is 0 Å². The van der Waals surface area contributed by atoms with E-state index in [2.05, 4.69) is 0 Å². The van der Waals surface area contributed by atoms with E-state index in [9.17, 15) is 4.79 Å². The van der Waals surface area contributed by atoms with Crippen LogP contribution in [0, 0.1) is 0 Å². The molecule has 0 bridgehead atoms. The molecule has 0 aromatic heterocycles. The average Bonchev–Trinajstić information content (AvgIpc) is 2.34. The molecule has 3 heteroatoms. The third-order valence-corrected chi connectivity index (χ3v) is 1.50. The Labute approximate surface area is 53.6 Å². The summed E-state index contributed by atoms with van der Waals surface area (Å²) in [6.07, 6.45) is 1.99. The van der Waals surface area contributed by atoms with Gasteiger partial charge in [-0.15, -0.1) is 0 Å². The first-order chi connectivity index (χ1) is 4.36. The van der Waals surface area contributed by atoms with E-state index in [1.54, 1.807) is 0 Å². The highest BCUT2D eigenvalue weighted by Gasteiger charge is 2.23. The molecular weight excluding hydrogens is 120 g/mol. The van der Waals surface area contributed by atoms with E-state index in [1.807, 2.05) is 0 Å². The molecule has 9 heavy (non-hydrogen) atoms. The lowest BCUT2D eigenvalue weighted by molar-refractivity contribution is -0.118. The molecule has 0 aliphatic carbocycles. The molecule has 0 radical (unpaired) electrons. The topological polar surface area (TPSA) is 46.5 Å². The summed E-state index contributed by atoms with van der Waals surface area (Å²) in [6.45, 7) is 0.0321. The van der Waals surface area contributed by atoms with Crippen LogP contribution in [0.1, 0.15) is 12.8 Å². The molecule has 0 saturated carbocycles. The molecule has 1 rings (SSSR count). The fourth-order valence-corrected chi connectivity index (χ4v) is 0.968. The van der Waals surface area contributed by atoms with Gasteiger partial charge in [0.2, 0.25) is 0 Å². The molecule has 1 heterocycles. The second kappa shape index (κ2) is 2.94. The third-order valence-electron chi connectivity index (χ3n) is 1.50. The fourth-order valence-electron chi connectivity index (χ4n) is 0.968. The Bertz CT molecular complexity index is 102. The average molecular weight is 130 g/mol. The standard InChI is InChI=1S/C6H10O3/c7-3-5-1-2-6(4-8)9-5/h3,5-6,8H,1-2,4H2/t5-,6-/m0/s1. The molecule has 0 amide bonds. The number of aliphatic hydroxyl groups excluding tert-OH is 1. The van der Waals surface area contributed by atoms with Crippen molar-refractivity contribution in [3.63, 3.8) is 0 Å². The van der Waals surface area contributed by atoms with Crippen molar-refractivity contribution in [3.05, 3.63) is 0 Å². The Kier molecular flexibility index (Phi) is 2.19. The molecule has 2 atom stereocenters. The number of ether oxygens (including phenoxy) is 1. The molecule has 1 saturated heterocycles. The number of hydrogen-bond acceptors (Lipinski definition) is 3. The van der Waals surface area contributed by atoms with Crippen LogP contribution in [0.3, 0.4) is 0 Å². The number of aldehydes is 1. The lowest BCUT2D eigenvalue weighted by atomic mass is 10.2. The van der Waals surface area contributed by atoms with Gasteiger partial charge in [-0.2, -0.15) is 0 Å². The zero-order valence-corrected chi connectivity index (χ0v) is 5.12. The number of carbonyl (C=O) groups excluding carboxylic acids is 1. The molecule has 1 aliphatic heterocycles. The minimum absolute atomic E-state index is 0.0321. The normalized spacial score (nSPS) is 34.8. The summed E-state index contributed by atoms with van der Waals surface area (Å²) in [5, 5.41) is 8.54. The van der Waals surface area contributed by atoms with Gasteiger partial charge in [0.15, 0.2) is 0 Å². The molecule has 1 aliphatic rings. The molecule has 1 N–H and O–H groups in total. The van der Waals surface area contributed by atoms with Gasteiger partial charge in [0.05, 0.1) is 12.7 Å². The molecule has 1 fully saturated rings. The predicted molar refractivity (Wildman–Crippen MR) is 31.0 cm³/mol. The molecular formula is C6H10O3. The Morgan fingerprint density at radius 1 is 1.67 bits per heavy atom. The van der Waals surface area contributed by atoms with E-state index in [0.717, 1.165) is 19.1 Å². The first-order valence-corrected chi connectivity index (χ1v) is 3.08. The van der Waals surface area contributed by atoms with Crippen molar-refractivity contribution in [1.82, 2.24) is 0 Å². The van der Waals surface area contributed by atoms with Gasteiger partial charge in [0.25, 0.3) is 0 Å². The van der Waals surface area contributed by atoms with E-state index in [1.165, 1.54) is 0 Å². The minimum Gasteiger partial charge on any atom is -0.394 e. The summed E-state index contributed by atoms with van der Waals surface area (Å²) in [5.41, 5.74) is 0. The van der Waals surface area contributed by atoms with Crippen molar-refractivity contribution in [2.45, 2.75) is 25.0 Å². The Morgan fingerprint density at radius 2 is 2.44 bits per heavy atom. The van der Waals surface area contributed by atoms with E-state index in [-0.39, 0.29) is 18.8 Å². The zero-order valence-electron chi connectivity index (χ0n) is 5.12. The van der Waals surface area contributed by atoms with Crippen molar-refractivity contribution in [2.24, 2.45) is 0 Å². The van der Waals surface area contributed by atoms with Crippen molar-refractivity contribution in [1.29, 1.82) is 0 Å². The van der Waals surface area contributed by atoms with Crippen molar-refractivity contribution >= 4 is 6.29 Å². The lowest BCUT2D eigenvalue weighted by Gasteiger charge is -2.04. The van der Waals surface area contributed by atoms with Gasteiger partial charge in [0.1, 0.15) is 12.4 Å². The predicted octanol–water partition coefficient (Wildman–Crippen LogP) is -0.275. The SMILES string of the molecule is O=C[C@@H]1CC[C@@H](CO)O1. The lowest BCUT2D eigenvalue weighted by Crippen LogP contribution is -2.14. The number of carbonyl (C=O) groups is 1. The number of hydrogen-bond donors (Lipinski definition) is 1. The van der Waals surface area contributed by atoms with Crippen LogP contribution in [0.15, 0.2) is 0 Å². The highest BCUT2D eigenvalue weighted by Crippen LogP contribution is 2.16. The first kappa shape index (κ1) is 6.71. The van der Waals surface area contributed by atoms with Crippen molar-refractivity contribution in [3.8, 4) is 0 Å². The molecule has 0 aromatic carbocycles. The maximum atomic E-state index is 10.1. The summed E-state index contributed by atoms with van der Waals surface area (Å²) >= 11 is 0. The van der Waals surface area contributed by atoms with Gasteiger partial charge in [-0.05, 0) is 12.8 Å². The van der Waals surface area contributed by atoms with E-state index in [0.29, 0.717) is 0 Å². The van der Waals surface area contributed by atoms with Crippen LogP contribution in [-0.4, -0.2) is 30.2 Å². The van der Waals surface area contributed by atoms with Crippen LogP contribution in [0.4, 0.5) is 0 Å². The minimum atomic E-state index is -0.262. The summed E-state index contributed by atoms with van der Waals surface area (Å²) in [7, 11) is 0. The summed E-state index contributed by atoms with van der Waals surface area (Å²) in [6, 6.07) is 0. The maximum Gasteiger partial charge on any atom is 0.148 e. The second-order valence-corrected chi connectivity index (χ2v) is 2.19. The van der Waals surface area contributed by atoms with Crippen molar-refractivity contribution < 1.29 is 14.6 Å². The van der Waals surface area contributed by atoms with Gasteiger partial charge >= 0.3 is 0 Å². The summed E-state index contributed by atoms with van der Waals surface area (Å²) in [5.74, 6) is 0. The van der Waals surface area contributed by atoms with E-state index < -0.39 is 0 Å². The Morgan fingerprint density at radius 3 is 2.78 bits per heavy atom. The van der Waals surface area contributed by atoms with E-state index in [4.69, 9.17) is 9.84 Å². The van der Waals surface area contributed by atoms with Crippen LogP contribution in [0.2, 0.25) is 0 Å². The fraction of sp³-hybridized carbons (Fsp3) is 0.833. The molecule has 0 spiro atoms. The maximum absolute atomic E-state index is 10.1. The Balaban J connectivity index is 2.28. The molecule has 0 unspecified atom stereocenters. The van der Waals surface area contributed by atoms with Gasteiger partial charge in [-0.3, -0.25) is 0 Å². The third kappa shape index (κ3) is 1.50. The van der Waals surface area contributed by atoms with Gasteiger partial charge in [0, 0.05) is 0 Å². The van der Waals surface area contributed by atoms with Gasteiger partial charge < -0.3 is 14.6 Å². The van der Waals surface area contributed by atoms with Crippen LogP contribution in [0.25, 0.3) is 0 Å². The summed E-state index contributed by atoms with van der Waals surface area (Å²) < 4.78 is 5.04. The van der Waals surface area contributed by atoms with Crippen LogP contribution >= 0.6 is 0 Å². The largest absolute Gasteiger partial charge is 0.394 e. The smallest absolute Gasteiger partial charge is 0.148 e. The molecule has 0 aromatic rings. The highest BCUT2D eigenvalue weighted by atomic mass is 16.5.